The van der Waals surface area contributed by atoms with Gasteiger partial charge >= 0.3 is 0 Å². The quantitative estimate of drug-likeness (QED) is 0.820. The summed E-state index contributed by atoms with van der Waals surface area (Å²) in [5, 5.41) is 5.69. The molecule has 1 amide bonds. The number of carbonyl (C=O) groups excluding carboxylic acids is 1. The molecule has 0 radical (unpaired) electrons. The maximum absolute atomic E-state index is 13.3. The van der Waals surface area contributed by atoms with E-state index in [1.165, 1.54) is 12.1 Å². The van der Waals surface area contributed by atoms with E-state index in [4.69, 9.17) is 9.47 Å². The number of ether oxygens (including phenoxy) is 2. The van der Waals surface area contributed by atoms with Crippen molar-refractivity contribution in [3.63, 3.8) is 0 Å². The van der Waals surface area contributed by atoms with Gasteiger partial charge in [0.25, 0.3) is 0 Å². The number of rotatable bonds is 5. The fourth-order valence-corrected chi connectivity index (χ4v) is 4.34. The Labute approximate surface area is 165 Å². The first-order valence-corrected chi connectivity index (χ1v) is 9.98. The minimum atomic E-state index is -0.670. The normalized spacial score (nSPS) is 25.3. The predicted molar refractivity (Wildman–Crippen MR) is 98.6 cm³/mol. The molecule has 1 aromatic heterocycles. The molecule has 3 heterocycles. The van der Waals surface area contributed by atoms with Gasteiger partial charge < -0.3 is 14.8 Å². The van der Waals surface area contributed by atoms with E-state index in [0.29, 0.717) is 31.7 Å². The number of benzene rings is 1. The van der Waals surface area contributed by atoms with Crippen molar-refractivity contribution in [1.82, 2.24) is 15.2 Å². The Bertz CT molecular complexity index is 816. The average molecular weight is 409 g/mol. The lowest BCUT2D eigenvalue weighted by atomic mass is 9.97. The third-order valence-corrected chi connectivity index (χ3v) is 5.72. The number of halogens is 2. The first-order chi connectivity index (χ1) is 13.5. The zero-order valence-corrected chi connectivity index (χ0v) is 16.0. The minimum Gasteiger partial charge on any atom is -0.370 e. The van der Waals surface area contributed by atoms with Gasteiger partial charge in [0.15, 0.2) is 0 Å². The second-order valence-corrected chi connectivity index (χ2v) is 8.15. The van der Waals surface area contributed by atoms with Gasteiger partial charge in [-0.25, -0.2) is 13.8 Å². The smallest absolute Gasteiger partial charge is 0.249 e. The molecule has 1 aromatic carbocycles. The van der Waals surface area contributed by atoms with Crippen LogP contribution in [0.2, 0.25) is 0 Å². The Morgan fingerprint density at radius 2 is 2.18 bits per heavy atom. The second kappa shape index (κ2) is 8.20. The Morgan fingerprint density at radius 3 is 2.93 bits per heavy atom. The van der Waals surface area contributed by atoms with Gasteiger partial charge in [-0.2, -0.15) is 0 Å². The lowest BCUT2D eigenvalue weighted by molar-refractivity contribution is -0.130. The van der Waals surface area contributed by atoms with Gasteiger partial charge in [-0.05, 0) is 17.7 Å². The largest absolute Gasteiger partial charge is 0.370 e. The zero-order chi connectivity index (χ0) is 19.6. The summed E-state index contributed by atoms with van der Waals surface area (Å²) in [6.45, 7) is 3.19. The zero-order valence-electron chi connectivity index (χ0n) is 15.2. The molecular weight excluding hydrogens is 388 g/mol. The molecule has 2 aliphatic rings. The summed E-state index contributed by atoms with van der Waals surface area (Å²) in [4.78, 5) is 19.0. The number of hydrogen-bond acceptors (Lipinski definition) is 6. The highest BCUT2D eigenvalue weighted by Gasteiger charge is 2.46. The van der Waals surface area contributed by atoms with E-state index < -0.39 is 23.3 Å². The molecule has 0 bridgehead atoms. The average Bonchev–Trinajstić information content (AvgIpc) is 3.29. The standard InChI is InChI=1S/C19H21F2N3O3S/c20-14-5-13(6-15(21)7-14)9-23-18(25)16-8-19(12-26-16)11-24(2-3-27-19)10-17-22-1-4-28-17/h1,4-7,16H,2-3,8-12H2,(H,23,25). The molecule has 1 N–H and O–H groups in total. The highest BCUT2D eigenvalue weighted by molar-refractivity contribution is 7.09. The molecule has 2 aliphatic heterocycles. The van der Waals surface area contributed by atoms with Crippen LogP contribution in [0.25, 0.3) is 0 Å². The maximum atomic E-state index is 13.3. The van der Waals surface area contributed by atoms with Crippen LogP contribution in [0.15, 0.2) is 29.8 Å². The Kier molecular flexibility index (Phi) is 5.68. The van der Waals surface area contributed by atoms with Gasteiger partial charge in [-0.3, -0.25) is 9.69 Å². The molecule has 6 nitrogen and oxygen atoms in total. The molecule has 1 spiro atoms. The van der Waals surface area contributed by atoms with Gasteiger partial charge in [0, 0.05) is 43.7 Å². The van der Waals surface area contributed by atoms with E-state index in [2.05, 4.69) is 15.2 Å². The van der Waals surface area contributed by atoms with Gasteiger partial charge in [0.05, 0.1) is 19.8 Å². The highest BCUT2D eigenvalue weighted by atomic mass is 32.1. The minimum absolute atomic E-state index is 0.0391. The number of aromatic nitrogens is 1. The van der Waals surface area contributed by atoms with Gasteiger partial charge in [0.2, 0.25) is 5.91 Å². The molecule has 2 aromatic rings. The van der Waals surface area contributed by atoms with E-state index in [0.717, 1.165) is 24.2 Å². The third-order valence-electron chi connectivity index (χ3n) is 4.96. The SMILES string of the molecule is O=C(NCc1cc(F)cc(F)c1)C1CC2(CO1)CN(Cc1nccs1)CCO2. The summed E-state index contributed by atoms with van der Waals surface area (Å²) < 4.78 is 38.2. The second-order valence-electron chi connectivity index (χ2n) is 7.17. The first kappa shape index (κ1) is 19.4. The van der Waals surface area contributed by atoms with E-state index in [-0.39, 0.29) is 12.5 Å². The molecule has 4 rings (SSSR count). The number of amides is 1. The summed E-state index contributed by atoms with van der Waals surface area (Å²) in [7, 11) is 0. The molecule has 2 fully saturated rings. The number of thiazole rings is 1. The number of carbonyl (C=O) groups is 1. The number of hydrogen-bond donors (Lipinski definition) is 1. The Balaban J connectivity index is 1.31. The first-order valence-electron chi connectivity index (χ1n) is 9.10. The molecule has 0 saturated carbocycles. The van der Waals surface area contributed by atoms with Crippen LogP contribution < -0.4 is 5.32 Å². The molecule has 2 saturated heterocycles. The molecule has 28 heavy (non-hydrogen) atoms. The van der Waals surface area contributed by atoms with Crippen LogP contribution in [-0.2, 0) is 27.4 Å². The summed E-state index contributed by atoms with van der Waals surface area (Å²) in [6, 6.07) is 3.19. The van der Waals surface area contributed by atoms with E-state index >= 15 is 0 Å². The lowest BCUT2D eigenvalue weighted by Crippen LogP contribution is -2.52. The van der Waals surface area contributed by atoms with Crippen molar-refractivity contribution in [2.75, 3.05) is 26.3 Å². The molecule has 9 heteroatoms. The molecule has 150 valence electrons. The fourth-order valence-electron chi connectivity index (χ4n) is 3.68. The molecule has 2 atom stereocenters. The van der Waals surface area contributed by atoms with E-state index in [1.807, 2.05) is 5.38 Å². The third kappa shape index (κ3) is 4.54. The summed E-state index contributed by atoms with van der Waals surface area (Å²) >= 11 is 1.62. The highest BCUT2D eigenvalue weighted by Crippen LogP contribution is 2.32. The molecule has 0 aliphatic carbocycles. The van der Waals surface area contributed by atoms with Crippen LogP contribution in [0.5, 0.6) is 0 Å². The summed E-state index contributed by atoms with van der Waals surface area (Å²) in [5.41, 5.74) is -0.148. The van der Waals surface area contributed by atoms with Crippen molar-refractivity contribution >= 4 is 17.2 Å². The van der Waals surface area contributed by atoms with E-state index in [9.17, 15) is 13.6 Å². The topological polar surface area (TPSA) is 63.7 Å². The summed E-state index contributed by atoms with van der Waals surface area (Å²) in [6.07, 6.45) is 1.60. The van der Waals surface area contributed by atoms with Crippen LogP contribution in [0, 0.1) is 11.6 Å². The number of nitrogens with zero attached hydrogens (tertiary/aromatic N) is 2. The van der Waals surface area contributed by atoms with Crippen molar-refractivity contribution in [1.29, 1.82) is 0 Å². The van der Waals surface area contributed by atoms with Crippen LogP contribution in [0.3, 0.4) is 0 Å². The van der Waals surface area contributed by atoms with Crippen LogP contribution in [0.1, 0.15) is 17.0 Å². The fraction of sp³-hybridized carbons (Fsp3) is 0.474. The number of nitrogens with one attached hydrogen (secondary N) is 1. The van der Waals surface area contributed by atoms with Crippen LogP contribution in [-0.4, -0.2) is 53.8 Å². The summed E-state index contributed by atoms with van der Waals surface area (Å²) in [5.74, 6) is -1.64. The van der Waals surface area contributed by atoms with Crippen molar-refractivity contribution < 1.29 is 23.0 Å². The van der Waals surface area contributed by atoms with Crippen molar-refractivity contribution in [3.05, 3.63) is 52.0 Å². The molecule has 2 unspecified atom stereocenters. The van der Waals surface area contributed by atoms with Gasteiger partial charge in [-0.1, -0.05) is 0 Å². The maximum Gasteiger partial charge on any atom is 0.249 e. The lowest BCUT2D eigenvalue weighted by Gasteiger charge is -2.39. The van der Waals surface area contributed by atoms with Crippen LogP contribution >= 0.6 is 11.3 Å². The molecular formula is C19H21F2N3O3S. The predicted octanol–water partition coefficient (Wildman–Crippen LogP) is 2.10. The van der Waals surface area contributed by atoms with Crippen molar-refractivity contribution in [2.45, 2.75) is 31.2 Å². The Morgan fingerprint density at radius 1 is 1.36 bits per heavy atom. The van der Waals surface area contributed by atoms with Gasteiger partial charge in [0.1, 0.15) is 28.3 Å². The van der Waals surface area contributed by atoms with Crippen molar-refractivity contribution in [3.8, 4) is 0 Å². The van der Waals surface area contributed by atoms with E-state index in [1.54, 1.807) is 17.5 Å². The van der Waals surface area contributed by atoms with Crippen LogP contribution in [0.4, 0.5) is 8.78 Å². The van der Waals surface area contributed by atoms with Crippen molar-refractivity contribution in [2.24, 2.45) is 0 Å². The van der Waals surface area contributed by atoms with Gasteiger partial charge in [-0.15, -0.1) is 11.3 Å². The number of morpholine rings is 1. The Hall–Kier alpha value is -1.94. The monoisotopic (exact) mass is 409 g/mol.